The Bertz CT molecular complexity index is 1000. The minimum absolute atomic E-state index is 0.191. The zero-order chi connectivity index (χ0) is 18.1. The van der Waals surface area contributed by atoms with Crippen molar-refractivity contribution in [1.82, 2.24) is 19.7 Å². The normalized spacial score (nSPS) is 14.0. The summed E-state index contributed by atoms with van der Waals surface area (Å²) in [5.41, 5.74) is 4.30. The number of H-pyrrole nitrogens is 1. The predicted octanol–water partition coefficient (Wildman–Crippen LogP) is 2.02. The second kappa shape index (κ2) is 6.63. The zero-order valence-corrected chi connectivity index (χ0v) is 14.6. The molecule has 132 valence electrons. The lowest BCUT2D eigenvalue weighted by Gasteiger charge is -2.20. The van der Waals surface area contributed by atoms with Crippen molar-refractivity contribution in [2.24, 2.45) is 7.05 Å². The quantitative estimate of drug-likeness (QED) is 0.770. The molecule has 1 N–H and O–H groups in total. The Hall–Kier alpha value is -3.15. The summed E-state index contributed by atoms with van der Waals surface area (Å²) in [6.07, 6.45) is 2.95. The first-order valence-electron chi connectivity index (χ1n) is 8.72. The van der Waals surface area contributed by atoms with Crippen LogP contribution in [0.15, 0.2) is 53.5 Å². The molecule has 2 aromatic heterocycles. The number of aromatic amines is 1. The number of benzene rings is 1. The Morgan fingerprint density at radius 1 is 1.08 bits per heavy atom. The molecule has 1 aliphatic rings. The summed E-state index contributed by atoms with van der Waals surface area (Å²) < 4.78 is 1.93. The molecule has 26 heavy (non-hydrogen) atoms. The zero-order valence-electron chi connectivity index (χ0n) is 14.6. The number of fused-ring (bicyclic) bond motifs is 1. The number of aromatic nitrogens is 3. The van der Waals surface area contributed by atoms with Gasteiger partial charge in [0.25, 0.3) is 11.5 Å². The first kappa shape index (κ1) is 16.3. The van der Waals surface area contributed by atoms with E-state index in [1.807, 2.05) is 29.9 Å². The molecule has 0 aliphatic carbocycles. The van der Waals surface area contributed by atoms with Crippen molar-refractivity contribution in [3.8, 4) is 11.3 Å². The van der Waals surface area contributed by atoms with Crippen molar-refractivity contribution < 1.29 is 4.79 Å². The molecule has 0 unspecified atom stereocenters. The number of hydrogen-bond donors (Lipinski definition) is 1. The molecule has 3 aromatic rings. The maximum atomic E-state index is 12.7. The van der Waals surface area contributed by atoms with Gasteiger partial charge in [-0.15, -0.1) is 0 Å². The minimum Gasteiger partial charge on any atom is -0.338 e. The molecule has 6 heteroatoms. The third kappa shape index (κ3) is 2.83. The number of hydrogen-bond acceptors (Lipinski definition) is 3. The third-order valence-electron chi connectivity index (χ3n) is 4.86. The van der Waals surface area contributed by atoms with Gasteiger partial charge in [-0.3, -0.25) is 14.3 Å². The highest BCUT2D eigenvalue weighted by atomic mass is 16.2. The van der Waals surface area contributed by atoms with E-state index < -0.39 is 0 Å². The molecule has 4 rings (SSSR count). The molecule has 1 amide bonds. The summed E-state index contributed by atoms with van der Waals surface area (Å²) in [5.74, 6) is -0.220. The van der Waals surface area contributed by atoms with Crippen molar-refractivity contribution >= 4 is 5.91 Å². The van der Waals surface area contributed by atoms with Crippen LogP contribution in [0.4, 0.5) is 0 Å². The first-order chi connectivity index (χ1) is 12.6. The number of carbonyl (C=O) groups excluding carboxylic acids is 1. The Kier molecular flexibility index (Phi) is 4.16. The monoisotopic (exact) mass is 348 g/mol. The summed E-state index contributed by atoms with van der Waals surface area (Å²) in [5, 5.41) is 4.68. The van der Waals surface area contributed by atoms with Gasteiger partial charge in [0.15, 0.2) is 0 Å². The maximum absolute atomic E-state index is 12.7. The smallest absolute Gasteiger partial charge is 0.260 e. The molecule has 1 aliphatic heterocycles. The molecule has 0 saturated heterocycles. The van der Waals surface area contributed by atoms with E-state index >= 15 is 0 Å². The topological polar surface area (TPSA) is 71.0 Å². The van der Waals surface area contributed by atoms with E-state index in [0.717, 1.165) is 23.4 Å². The number of pyridine rings is 1. The van der Waals surface area contributed by atoms with Gasteiger partial charge in [-0.1, -0.05) is 30.3 Å². The number of aryl methyl sites for hydroxylation is 1. The Balaban J connectivity index is 1.63. The molecule has 1 aromatic carbocycles. The van der Waals surface area contributed by atoms with E-state index in [2.05, 4.69) is 22.2 Å². The van der Waals surface area contributed by atoms with E-state index in [-0.39, 0.29) is 17.0 Å². The van der Waals surface area contributed by atoms with E-state index in [1.165, 1.54) is 11.8 Å². The number of nitrogens with zero attached hydrogens (tertiary/aromatic N) is 3. The molecule has 0 saturated carbocycles. The molecule has 0 fully saturated rings. The summed E-state index contributed by atoms with van der Waals surface area (Å²) in [7, 11) is 1.96. The predicted molar refractivity (Wildman–Crippen MR) is 99.0 cm³/mol. The first-order valence-corrected chi connectivity index (χ1v) is 8.72. The fraction of sp³-hybridized carbons (Fsp3) is 0.250. The summed E-state index contributed by atoms with van der Waals surface area (Å²) in [6, 6.07) is 13.4. The van der Waals surface area contributed by atoms with Gasteiger partial charge in [0.2, 0.25) is 0 Å². The third-order valence-corrected chi connectivity index (χ3v) is 4.86. The van der Waals surface area contributed by atoms with Crippen molar-refractivity contribution in [2.45, 2.75) is 12.8 Å². The van der Waals surface area contributed by atoms with Crippen LogP contribution in [0.2, 0.25) is 0 Å². The number of carbonyl (C=O) groups is 1. The van der Waals surface area contributed by atoms with Crippen LogP contribution in [0.1, 0.15) is 21.6 Å². The fourth-order valence-corrected chi connectivity index (χ4v) is 3.61. The lowest BCUT2D eigenvalue weighted by atomic mass is 10.0. The van der Waals surface area contributed by atoms with Gasteiger partial charge >= 0.3 is 0 Å². The lowest BCUT2D eigenvalue weighted by Crippen LogP contribution is -2.36. The Morgan fingerprint density at radius 2 is 1.85 bits per heavy atom. The van der Waals surface area contributed by atoms with Crippen molar-refractivity contribution in [2.75, 3.05) is 13.1 Å². The molecule has 3 heterocycles. The van der Waals surface area contributed by atoms with Crippen molar-refractivity contribution in [3.05, 3.63) is 75.8 Å². The highest BCUT2D eigenvalue weighted by Crippen LogP contribution is 2.28. The number of nitrogens with one attached hydrogen (secondary N) is 1. The summed E-state index contributed by atoms with van der Waals surface area (Å²) in [4.78, 5) is 29.0. The largest absolute Gasteiger partial charge is 0.338 e. The molecule has 0 atom stereocenters. The average Bonchev–Trinajstić information content (AvgIpc) is 2.83. The van der Waals surface area contributed by atoms with Crippen LogP contribution in [0.25, 0.3) is 11.3 Å². The lowest BCUT2D eigenvalue weighted by molar-refractivity contribution is 0.0761. The SMILES string of the molecule is Cn1nc2c(c1-c1ccccc1)CCN(C(=O)c1ccc[nH]c1=O)CC2. The number of amides is 1. The van der Waals surface area contributed by atoms with Crippen LogP contribution in [0, 0.1) is 0 Å². The standard InChI is InChI=1S/C20H20N4O2/c1-23-18(14-6-3-2-4-7-14)15-9-12-24(13-10-17(15)22-23)20(26)16-8-5-11-21-19(16)25/h2-8,11H,9-10,12-13H2,1H3,(H,21,25). The van der Waals surface area contributed by atoms with Gasteiger partial charge in [-0.05, 0) is 18.6 Å². The maximum Gasteiger partial charge on any atom is 0.260 e. The molecular weight excluding hydrogens is 328 g/mol. The Labute approximate surface area is 151 Å². The van der Waals surface area contributed by atoms with Crippen molar-refractivity contribution in [1.29, 1.82) is 0 Å². The average molecular weight is 348 g/mol. The van der Waals surface area contributed by atoms with E-state index in [9.17, 15) is 9.59 Å². The van der Waals surface area contributed by atoms with E-state index in [4.69, 9.17) is 0 Å². The highest BCUT2D eigenvalue weighted by molar-refractivity contribution is 5.93. The molecular formula is C20H20N4O2. The van der Waals surface area contributed by atoms with Crippen LogP contribution >= 0.6 is 0 Å². The van der Waals surface area contributed by atoms with Crippen LogP contribution in [0.3, 0.4) is 0 Å². The second-order valence-corrected chi connectivity index (χ2v) is 6.47. The number of rotatable bonds is 2. The van der Waals surface area contributed by atoms with E-state index in [1.54, 1.807) is 17.0 Å². The van der Waals surface area contributed by atoms with Gasteiger partial charge in [0.1, 0.15) is 5.56 Å². The van der Waals surface area contributed by atoms with E-state index in [0.29, 0.717) is 19.5 Å². The van der Waals surface area contributed by atoms with Gasteiger partial charge in [0, 0.05) is 43.9 Å². The highest BCUT2D eigenvalue weighted by Gasteiger charge is 2.25. The van der Waals surface area contributed by atoms with Gasteiger partial charge in [0.05, 0.1) is 11.4 Å². The van der Waals surface area contributed by atoms with Crippen LogP contribution in [-0.2, 0) is 19.9 Å². The minimum atomic E-state index is -0.344. The van der Waals surface area contributed by atoms with Crippen LogP contribution < -0.4 is 5.56 Å². The van der Waals surface area contributed by atoms with Crippen LogP contribution in [-0.4, -0.2) is 38.7 Å². The molecule has 6 nitrogen and oxygen atoms in total. The Morgan fingerprint density at radius 3 is 2.62 bits per heavy atom. The summed E-state index contributed by atoms with van der Waals surface area (Å²) in [6.45, 7) is 1.14. The second-order valence-electron chi connectivity index (χ2n) is 6.47. The summed E-state index contributed by atoms with van der Waals surface area (Å²) >= 11 is 0. The van der Waals surface area contributed by atoms with Gasteiger partial charge < -0.3 is 9.88 Å². The molecule has 0 radical (unpaired) electrons. The molecule has 0 bridgehead atoms. The van der Waals surface area contributed by atoms with Gasteiger partial charge in [-0.25, -0.2) is 0 Å². The fourth-order valence-electron chi connectivity index (χ4n) is 3.61. The van der Waals surface area contributed by atoms with Gasteiger partial charge in [-0.2, -0.15) is 5.10 Å². The van der Waals surface area contributed by atoms with Crippen molar-refractivity contribution in [3.63, 3.8) is 0 Å². The van der Waals surface area contributed by atoms with Crippen LogP contribution in [0.5, 0.6) is 0 Å². The molecule has 0 spiro atoms.